The molecule has 0 saturated carbocycles. The van der Waals surface area contributed by atoms with Crippen molar-refractivity contribution in [3.05, 3.63) is 0 Å². The Labute approximate surface area is 80.4 Å². The van der Waals surface area contributed by atoms with E-state index in [1.54, 1.807) is 0 Å². The predicted octanol–water partition coefficient (Wildman–Crippen LogP) is 1.07. The van der Waals surface area contributed by atoms with E-state index in [-0.39, 0.29) is 13.2 Å². The lowest BCUT2D eigenvalue weighted by Gasteiger charge is -2.36. The van der Waals surface area contributed by atoms with Gasteiger partial charge in [-0.3, -0.25) is 0 Å². The molecule has 0 amide bonds. The van der Waals surface area contributed by atoms with Gasteiger partial charge in [-0.1, -0.05) is 0 Å². The van der Waals surface area contributed by atoms with Crippen LogP contribution >= 0.6 is 0 Å². The molecule has 1 aliphatic heterocycles. The minimum atomic E-state index is -4.31. The fourth-order valence-electron chi connectivity index (χ4n) is 1.40. The Hall–Kier alpha value is -0.330. The molecule has 0 aromatic rings. The summed E-state index contributed by atoms with van der Waals surface area (Å²) in [4.78, 5) is 0. The highest BCUT2D eigenvalue weighted by Gasteiger charge is 2.37. The molecule has 0 radical (unpaired) electrons. The molecule has 3 nitrogen and oxygen atoms in total. The molecule has 1 fully saturated rings. The van der Waals surface area contributed by atoms with Gasteiger partial charge in [-0.15, -0.1) is 0 Å². The lowest BCUT2D eigenvalue weighted by atomic mass is 9.97. The molecule has 0 aliphatic carbocycles. The van der Waals surface area contributed by atoms with E-state index in [2.05, 4.69) is 0 Å². The van der Waals surface area contributed by atoms with Gasteiger partial charge in [-0.05, 0) is 12.8 Å². The SMILES string of the molecule is NCC1(OCC(F)(F)F)CCCOC1. The monoisotopic (exact) mass is 213 g/mol. The fraction of sp³-hybridized carbons (Fsp3) is 1.00. The van der Waals surface area contributed by atoms with Crippen LogP contribution in [0.15, 0.2) is 0 Å². The van der Waals surface area contributed by atoms with E-state index in [0.29, 0.717) is 19.4 Å². The Morgan fingerprint density at radius 3 is 2.57 bits per heavy atom. The van der Waals surface area contributed by atoms with Crippen molar-refractivity contribution < 1.29 is 22.6 Å². The molecule has 2 N–H and O–H groups in total. The van der Waals surface area contributed by atoms with Crippen molar-refractivity contribution in [2.45, 2.75) is 24.6 Å². The Balaban J connectivity index is 2.44. The molecule has 0 bridgehead atoms. The second-order valence-electron chi connectivity index (χ2n) is 3.45. The van der Waals surface area contributed by atoms with Crippen LogP contribution in [-0.4, -0.2) is 38.1 Å². The number of rotatable bonds is 3. The normalized spacial score (nSPS) is 29.1. The number of halogens is 3. The molecule has 0 spiro atoms. The van der Waals surface area contributed by atoms with Crippen LogP contribution in [0.4, 0.5) is 13.2 Å². The van der Waals surface area contributed by atoms with Gasteiger partial charge in [0.25, 0.3) is 0 Å². The van der Waals surface area contributed by atoms with Crippen LogP contribution in [0, 0.1) is 0 Å². The molecule has 0 aromatic carbocycles. The summed E-state index contributed by atoms with van der Waals surface area (Å²) in [5.41, 5.74) is 4.46. The zero-order valence-electron chi connectivity index (χ0n) is 7.77. The molecular formula is C8H14F3NO2. The van der Waals surface area contributed by atoms with Crippen LogP contribution in [-0.2, 0) is 9.47 Å². The summed E-state index contributed by atoms with van der Waals surface area (Å²) in [5.74, 6) is 0. The molecule has 84 valence electrons. The molecule has 1 unspecified atom stereocenters. The Bertz CT molecular complexity index is 178. The quantitative estimate of drug-likeness (QED) is 0.762. The van der Waals surface area contributed by atoms with Crippen molar-refractivity contribution in [3.8, 4) is 0 Å². The van der Waals surface area contributed by atoms with Crippen molar-refractivity contribution in [3.63, 3.8) is 0 Å². The molecule has 1 heterocycles. The minimum absolute atomic E-state index is 0.0586. The van der Waals surface area contributed by atoms with Crippen LogP contribution in [0.5, 0.6) is 0 Å². The third-order valence-corrected chi connectivity index (χ3v) is 2.20. The van der Waals surface area contributed by atoms with Crippen molar-refractivity contribution in [2.24, 2.45) is 5.73 Å². The van der Waals surface area contributed by atoms with Crippen LogP contribution in [0.1, 0.15) is 12.8 Å². The van der Waals surface area contributed by atoms with Crippen molar-refractivity contribution in [1.82, 2.24) is 0 Å². The zero-order chi connectivity index (χ0) is 10.7. The van der Waals surface area contributed by atoms with Crippen LogP contribution < -0.4 is 5.73 Å². The van der Waals surface area contributed by atoms with Gasteiger partial charge < -0.3 is 15.2 Å². The maximum absolute atomic E-state index is 11.9. The van der Waals surface area contributed by atoms with Gasteiger partial charge in [-0.2, -0.15) is 13.2 Å². The molecule has 1 atom stereocenters. The maximum Gasteiger partial charge on any atom is 0.411 e. The third-order valence-electron chi connectivity index (χ3n) is 2.20. The second-order valence-corrected chi connectivity index (χ2v) is 3.45. The molecule has 14 heavy (non-hydrogen) atoms. The van der Waals surface area contributed by atoms with E-state index in [0.717, 1.165) is 0 Å². The lowest BCUT2D eigenvalue weighted by molar-refractivity contribution is -0.221. The fourth-order valence-corrected chi connectivity index (χ4v) is 1.40. The van der Waals surface area contributed by atoms with E-state index in [1.165, 1.54) is 0 Å². The van der Waals surface area contributed by atoms with Gasteiger partial charge >= 0.3 is 6.18 Å². The van der Waals surface area contributed by atoms with Gasteiger partial charge in [0.1, 0.15) is 12.2 Å². The lowest BCUT2D eigenvalue weighted by Crippen LogP contribution is -2.49. The number of ether oxygens (including phenoxy) is 2. The molecular weight excluding hydrogens is 199 g/mol. The predicted molar refractivity (Wildman–Crippen MR) is 43.8 cm³/mol. The smallest absolute Gasteiger partial charge is 0.378 e. The summed E-state index contributed by atoms with van der Waals surface area (Å²) >= 11 is 0. The van der Waals surface area contributed by atoms with Gasteiger partial charge in [0, 0.05) is 13.2 Å². The summed E-state index contributed by atoms with van der Waals surface area (Å²) in [6, 6.07) is 0. The van der Waals surface area contributed by atoms with Gasteiger partial charge in [0.15, 0.2) is 0 Å². The standard InChI is InChI=1S/C8H14F3NO2/c9-8(10,11)6-14-7(4-12)2-1-3-13-5-7/h1-6,12H2. The van der Waals surface area contributed by atoms with Crippen LogP contribution in [0.3, 0.4) is 0 Å². The van der Waals surface area contributed by atoms with E-state index in [4.69, 9.17) is 15.2 Å². The van der Waals surface area contributed by atoms with Gasteiger partial charge in [0.05, 0.1) is 6.61 Å². The minimum Gasteiger partial charge on any atom is -0.378 e. The summed E-state index contributed by atoms with van der Waals surface area (Å²) in [5, 5.41) is 0. The average molecular weight is 213 g/mol. The Morgan fingerprint density at radius 2 is 2.14 bits per heavy atom. The van der Waals surface area contributed by atoms with E-state index >= 15 is 0 Å². The van der Waals surface area contributed by atoms with E-state index in [9.17, 15) is 13.2 Å². The van der Waals surface area contributed by atoms with E-state index < -0.39 is 18.4 Å². The summed E-state index contributed by atoms with van der Waals surface area (Å²) < 4.78 is 45.6. The maximum atomic E-state index is 11.9. The first-order valence-corrected chi connectivity index (χ1v) is 4.46. The van der Waals surface area contributed by atoms with Crippen LogP contribution in [0.2, 0.25) is 0 Å². The molecule has 0 aromatic heterocycles. The Kier molecular flexibility index (Phi) is 3.74. The zero-order valence-corrected chi connectivity index (χ0v) is 7.77. The highest BCUT2D eigenvalue weighted by atomic mass is 19.4. The van der Waals surface area contributed by atoms with Crippen molar-refractivity contribution in [2.75, 3.05) is 26.4 Å². The first kappa shape index (κ1) is 11.7. The van der Waals surface area contributed by atoms with E-state index in [1.807, 2.05) is 0 Å². The summed E-state index contributed by atoms with van der Waals surface area (Å²) in [7, 11) is 0. The third kappa shape index (κ3) is 3.43. The molecule has 1 aliphatic rings. The van der Waals surface area contributed by atoms with Crippen LogP contribution in [0.25, 0.3) is 0 Å². The highest BCUT2D eigenvalue weighted by molar-refractivity contribution is 4.84. The highest BCUT2D eigenvalue weighted by Crippen LogP contribution is 2.25. The Morgan fingerprint density at radius 1 is 1.43 bits per heavy atom. The molecule has 6 heteroatoms. The van der Waals surface area contributed by atoms with Gasteiger partial charge in [0.2, 0.25) is 0 Å². The topological polar surface area (TPSA) is 44.5 Å². The van der Waals surface area contributed by atoms with Gasteiger partial charge in [-0.25, -0.2) is 0 Å². The first-order valence-electron chi connectivity index (χ1n) is 4.46. The van der Waals surface area contributed by atoms with Crippen molar-refractivity contribution >= 4 is 0 Å². The first-order chi connectivity index (χ1) is 6.47. The largest absolute Gasteiger partial charge is 0.411 e. The summed E-state index contributed by atoms with van der Waals surface area (Å²) in [6.45, 7) is -0.479. The molecule has 1 saturated heterocycles. The number of hydrogen-bond donors (Lipinski definition) is 1. The second kappa shape index (κ2) is 4.46. The molecule has 1 rings (SSSR count). The number of nitrogens with two attached hydrogens (primary N) is 1. The number of alkyl halides is 3. The number of hydrogen-bond acceptors (Lipinski definition) is 3. The average Bonchev–Trinajstić information content (AvgIpc) is 2.15. The summed E-state index contributed by atoms with van der Waals surface area (Å²) in [6.07, 6.45) is -3.09. The van der Waals surface area contributed by atoms with Crippen molar-refractivity contribution in [1.29, 1.82) is 0 Å².